The van der Waals surface area contributed by atoms with Crippen LogP contribution in [0.5, 0.6) is 0 Å². The molecule has 0 amide bonds. The minimum atomic E-state index is 0.874. The molecule has 1 aliphatic rings. The monoisotopic (exact) mass is 213 g/mol. The van der Waals surface area contributed by atoms with Gasteiger partial charge in [-0.1, -0.05) is 17.7 Å². The zero-order chi connectivity index (χ0) is 11.1. The summed E-state index contributed by atoms with van der Waals surface area (Å²) in [5.41, 5.74) is 6.54. The number of hydrogen-bond acceptors (Lipinski definition) is 2. The van der Waals surface area contributed by atoms with Crippen LogP contribution in [0.2, 0.25) is 0 Å². The number of aromatic nitrogens is 2. The molecule has 0 fully saturated rings. The number of nitrogens with zero attached hydrogens (tertiary/aromatic N) is 2. The molecule has 0 saturated heterocycles. The van der Waals surface area contributed by atoms with E-state index < -0.39 is 0 Å². The summed E-state index contributed by atoms with van der Waals surface area (Å²) in [5, 5.41) is 7.78. The quantitative estimate of drug-likeness (QED) is 0.727. The van der Waals surface area contributed by atoms with Crippen LogP contribution < -0.4 is 5.32 Å². The van der Waals surface area contributed by atoms with E-state index in [1.165, 1.54) is 28.1 Å². The highest BCUT2D eigenvalue weighted by Crippen LogP contribution is 2.26. The van der Waals surface area contributed by atoms with Gasteiger partial charge in [-0.25, -0.2) is 0 Å². The van der Waals surface area contributed by atoms with Gasteiger partial charge in [0.05, 0.1) is 6.20 Å². The van der Waals surface area contributed by atoms with Gasteiger partial charge >= 0.3 is 0 Å². The Labute approximate surface area is 95.1 Å². The molecule has 0 bridgehead atoms. The Hall–Kier alpha value is -1.77. The summed E-state index contributed by atoms with van der Waals surface area (Å²) in [6, 6.07) is 6.58. The lowest BCUT2D eigenvalue weighted by molar-refractivity contribution is 0.723. The van der Waals surface area contributed by atoms with Crippen LogP contribution in [0.15, 0.2) is 24.4 Å². The Morgan fingerprint density at radius 2 is 2.19 bits per heavy atom. The Kier molecular flexibility index (Phi) is 1.99. The van der Waals surface area contributed by atoms with Crippen LogP contribution in [-0.2, 0) is 20.0 Å². The van der Waals surface area contributed by atoms with E-state index in [-0.39, 0.29) is 0 Å². The van der Waals surface area contributed by atoms with E-state index in [0.29, 0.717) is 0 Å². The van der Waals surface area contributed by atoms with Crippen LogP contribution in [0.25, 0.3) is 0 Å². The van der Waals surface area contributed by atoms with E-state index in [4.69, 9.17) is 0 Å². The van der Waals surface area contributed by atoms with Crippen molar-refractivity contribution in [3.8, 4) is 0 Å². The maximum Gasteiger partial charge on any atom is 0.0542 e. The second kappa shape index (κ2) is 3.37. The smallest absolute Gasteiger partial charge is 0.0542 e. The van der Waals surface area contributed by atoms with Crippen molar-refractivity contribution in [2.75, 3.05) is 5.32 Å². The van der Waals surface area contributed by atoms with Crippen LogP contribution in [-0.4, -0.2) is 9.78 Å². The molecule has 1 aromatic heterocycles. The molecule has 1 N–H and O–H groups in total. The molecular weight excluding hydrogens is 198 g/mol. The van der Waals surface area contributed by atoms with Gasteiger partial charge in [0.2, 0.25) is 0 Å². The summed E-state index contributed by atoms with van der Waals surface area (Å²) in [7, 11) is 2.01. The van der Waals surface area contributed by atoms with Gasteiger partial charge in [0.25, 0.3) is 0 Å². The molecule has 0 radical (unpaired) electrons. The van der Waals surface area contributed by atoms with Gasteiger partial charge in [0, 0.05) is 37.0 Å². The first-order valence-corrected chi connectivity index (χ1v) is 5.57. The zero-order valence-corrected chi connectivity index (χ0v) is 9.62. The molecule has 2 heterocycles. The number of rotatable bonds is 0. The highest BCUT2D eigenvalue weighted by Gasteiger charge is 2.15. The fourth-order valence-corrected chi connectivity index (χ4v) is 2.30. The normalized spacial score (nSPS) is 13.6. The predicted octanol–water partition coefficient (Wildman–Crippen LogP) is 2.24. The number of benzene rings is 1. The van der Waals surface area contributed by atoms with Crippen LogP contribution >= 0.6 is 0 Å². The van der Waals surface area contributed by atoms with Gasteiger partial charge in [-0.3, -0.25) is 4.68 Å². The summed E-state index contributed by atoms with van der Waals surface area (Å²) in [6.07, 6.45) is 2.93. The van der Waals surface area contributed by atoms with Gasteiger partial charge in [0.1, 0.15) is 0 Å². The van der Waals surface area contributed by atoms with Crippen molar-refractivity contribution in [2.24, 2.45) is 7.05 Å². The SMILES string of the molecule is Cc1ccc2c(c1)Cc1c(cnn1C)CN2. The highest BCUT2D eigenvalue weighted by atomic mass is 15.3. The van der Waals surface area contributed by atoms with Crippen LogP contribution in [0.1, 0.15) is 22.4 Å². The van der Waals surface area contributed by atoms with Crippen molar-refractivity contribution in [3.05, 3.63) is 46.8 Å². The highest BCUT2D eigenvalue weighted by molar-refractivity contribution is 5.56. The molecular formula is C13H15N3. The number of hydrogen-bond donors (Lipinski definition) is 1. The fourth-order valence-electron chi connectivity index (χ4n) is 2.30. The predicted molar refractivity (Wildman–Crippen MR) is 64.5 cm³/mol. The number of aryl methyl sites for hydroxylation is 2. The van der Waals surface area contributed by atoms with Crippen LogP contribution in [0, 0.1) is 6.92 Å². The molecule has 1 aromatic carbocycles. The maximum atomic E-state index is 4.31. The van der Waals surface area contributed by atoms with Crippen molar-refractivity contribution in [3.63, 3.8) is 0 Å². The maximum absolute atomic E-state index is 4.31. The Morgan fingerprint density at radius 3 is 3.06 bits per heavy atom. The van der Waals surface area contributed by atoms with E-state index >= 15 is 0 Å². The summed E-state index contributed by atoms with van der Waals surface area (Å²) in [4.78, 5) is 0. The van der Waals surface area contributed by atoms with Crippen molar-refractivity contribution >= 4 is 5.69 Å². The molecule has 0 spiro atoms. The molecule has 0 atom stereocenters. The molecule has 0 saturated carbocycles. The lowest BCUT2D eigenvalue weighted by Gasteiger charge is -2.08. The standard InChI is InChI=1S/C13H15N3/c1-9-3-4-12-10(5-9)6-13-11(7-14-12)8-15-16(13)2/h3-5,8,14H,6-7H2,1-2H3. The minimum Gasteiger partial charge on any atom is -0.381 e. The average molecular weight is 213 g/mol. The number of nitrogens with one attached hydrogen (secondary N) is 1. The molecule has 3 nitrogen and oxygen atoms in total. The van der Waals surface area contributed by atoms with Crippen molar-refractivity contribution in [1.82, 2.24) is 9.78 Å². The Bertz CT molecular complexity index is 540. The van der Waals surface area contributed by atoms with Gasteiger partial charge in [-0.15, -0.1) is 0 Å². The van der Waals surface area contributed by atoms with Crippen molar-refractivity contribution < 1.29 is 0 Å². The largest absolute Gasteiger partial charge is 0.381 e. The first-order valence-electron chi connectivity index (χ1n) is 5.57. The van der Waals surface area contributed by atoms with E-state index in [0.717, 1.165) is 13.0 Å². The summed E-state index contributed by atoms with van der Waals surface area (Å²) >= 11 is 0. The van der Waals surface area contributed by atoms with Gasteiger partial charge in [-0.2, -0.15) is 5.10 Å². The average Bonchev–Trinajstić information content (AvgIpc) is 2.51. The van der Waals surface area contributed by atoms with Gasteiger partial charge in [-0.05, 0) is 18.6 Å². The van der Waals surface area contributed by atoms with Gasteiger partial charge < -0.3 is 5.32 Å². The minimum absolute atomic E-state index is 0.874. The van der Waals surface area contributed by atoms with Crippen molar-refractivity contribution in [2.45, 2.75) is 19.9 Å². The second-order valence-electron chi connectivity index (χ2n) is 4.43. The molecule has 1 aliphatic heterocycles. The third-order valence-corrected chi connectivity index (χ3v) is 3.24. The number of anilines is 1. The lowest BCUT2D eigenvalue weighted by Crippen LogP contribution is -2.00. The third kappa shape index (κ3) is 1.40. The van der Waals surface area contributed by atoms with Crippen LogP contribution in [0.4, 0.5) is 5.69 Å². The molecule has 16 heavy (non-hydrogen) atoms. The molecule has 0 unspecified atom stereocenters. The molecule has 3 rings (SSSR count). The Balaban J connectivity index is 2.11. The first kappa shape index (κ1) is 9.46. The van der Waals surface area contributed by atoms with Gasteiger partial charge in [0.15, 0.2) is 0 Å². The summed E-state index contributed by atoms with van der Waals surface area (Å²) in [5.74, 6) is 0. The molecule has 3 heteroatoms. The fraction of sp³-hybridized carbons (Fsp3) is 0.308. The van der Waals surface area contributed by atoms with E-state index in [1.807, 2.05) is 17.9 Å². The van der Waals surface area contributed by atoms with E-state index in [2.05, 4.69) is 35.5 Å². The van der Waals surface area contributed by atoms with Crippen molar-refractivity contribution in [1.29, 1.82) is 0 Å². The van der Waals surface area contributed by atoms with Crippen LogP contribution in [0.3, 0.4) is 0 Å². The van der Waals surface area contributed by atoms with E-state index in [9.17, 15) is 0 Å². The lowest BCUT2D eigenvalue weighted by atomic mass is 10.0. The second-order valence-corrected chi connectivity index (χ2v) is 4.43. The topological polar surface area (TPSA) is 29.9 Å². The molecule has 82 valence electrons. The first-order chi connectivity index (χ1) is 7.74. The summed E-state index contributed by atoms with van der Waals surface area (Å²) < 4.78 is 1.98. The zero-order valence-electron chi connectivity index (χ0n) is 9.62. The third-order valence-electron chi connectivity index (χ3n) is 3.24. The molecule has 2 aromatic rings. The Morgan fingerprint density at radius 1 is 1.31 bits per heavy atom. The van der Waals surface area contributed by atoms with E-state index in [1.54, 1.807) is 0 Å². The number of fused-ring (bicyclic) bond motifs is 2. The summed E-state index contributed by atoms with van der Waals surface area (Å²) in [6.45, 7) is 3.01. The molecule has 0 aliphatic carbocycles.